The summed E-state index contributed by atoms with van der Waals surface area (Å²) < 4.78 is 66.2. The molecule has 1 N–H and O–H groups in total. The summed E-state index contributed by atoms with van der Waals surface area (Å²) in [7, 11) is 0. The molecule has 1 unspecified atom stereocenters. The number of hydrogen-bond acceptors (Lipinski definition) is 2. The normalized spacial score (nSPS) is 13.4. The Hall–Kier alpha value is -1.37. The standard InChI is InChI=1S/C11H12F5NO/c1-7(5-17-6-11(14,15)16)18-10-3-8(12)2-9(13)4-10/h2-4,7,17H,5-6H2,1H3. The van der Waals surface area contributed by atoms with E-state index in [1.54, 1.807) is 0 Å². The lowest BCUT2D eigenvalue weighted by atomic mass is 10.3. The highest BCUT2D eigenvalue weighted by Gasteiger charge is 2.26. The van der Waals surface area contributed by atoms with Crippen LogP contribution in [-0.4, -0.2) is 25.4 Å². The molecule has 1 rings (SSSR count). The zero-order valence-corrected chi connectivity index (χ0v) is 9.52. The summed E-state index contributed by atoms with van der Waals surface area (Å²) in [6.07, 6.45) is -4.95. The molecule has 0 aliphatic carbocycles. The second kappa shape index (κ2) is 5.99. The van der Waals surface area contributed by atoms with Crippen molar-refractivity contribution in [2.45, 2.75) is 19.2 Å². The average molecular weight is 269 g/mol. The van der Waals surface area contributed by atoms with Gasteiger partial charge in [0.1, 0.15) is 23.5 Å². The molecular weight excluding hydrogens is 257 g/mol. The minimum Gasteiger partial charge on any atom is -0.489 e. The van der Waals surface area contributed by atoms with Crippen LogP contribution < -0.4 is 10.1 Å². The zero-order chi connectivity index (χ0) is 13.8. The van der Waals surface area contributed by atoms with Crippen LogP contribution in [0, 0.1) is 11.6 Å². The van der Waals surface area contributed by atoms with Crippen molar-refractivity contribution in [3.63, 3.8) is 0 Å². The fourth-order valence-electron chi connectivity index (χ4n) is 1.29. The summed E-state index contributed by atoms with van der Waals surface area (Å²) in [5, 5.41) is 2.14. The Morgan fingerprint density at radius 3 is 2.22 bits per heavy atom. The molecule has 0 spiro atoms. The average Bonchev–Trinajstić information content (AvgIpc) is 2.12. The van der Waals surface area contributed by atoms with Crippen molar-refractivity contribution in [1.29, 1.82) is 0 Å². The zero-order valence-electron chi connectivity index (χ0n) is 9.52. The van der Waals surface area contributed by atoms with Crippen molar-refractivity contribution in [1.82, 2.24) is 5.32 Å². The quantitative estimate of drug-likeness (QED) is 0.830. The number of hydrogen-bond donors (Lipinski definition) is 1. The minimum absolute atomic E-state index is 0.0613. The topological polar surface area (TPSA) is 21.3 Å². The van der Waals surface area contributed by atoms with Crippen LogP contribution in [0.2, 0.25) is 0 Å². The summed E-state index contributed by atoms with van der Waals surface area (Å²) in [5.41, 5.74) is 0. The molecule has 1 aromatic rings. The van der Waals surface area contributed by atoms with E-state index in [9.17, 15) is 22.0 Å². The van der Waals surface area contributed by atoms with Crippen LogP contribution in [0.5, 0.6) is 5.75 Å². The molecule has 0 amide bonds. The van der Waals surface area contributed by atoms with Crippen molar-refractivity contribution in [3.8, 4) is 5.75 Å². The third-order valence-electron chi connectivity index (χ3n) is 1.93. The first-order valence-electron chi connectivity index (χ1n) is 5.16. The van der Waals surface area contributed by atoms with Crippen LogP contribution in [0.4, 0.5) is 22.0 Å². The van der Waals surface area contributed by atoms with Crippen LogP contribution >= 0.6 is 0 Å². The Bertz CT molecular complexity index is 373. The largest absolute Gasteiger partial charge is 0.489 e. The maximum absolute atomic E-state index is 12.8. The van der Waals surface area contributed by atoms with Crippen molar-refractivity contribution in [2.24, 2.45) is 0 Å². The molecule has 0 aromatic heterocycles. The van der Waals surface area contributed by atoms with E-state index in [1.165, 1.54) is 6.92 Å². The molecule has 0 aliphatic rings. The van der Waals surface area contributed by atoms with Crippen LogP contribution in [-0.2, 0) is 0 Å². The first kappa shape index (κ1) is 14.7. The number of halogens is 5. The molecule has 0 aliphatic heterocycles. The summed E-state index contributed by atoms with van der Waals surface area (Å²) in [6.45, 7) is 0.266. The van der Waals surface area contributed by atoms with Gasteiger partial charge >= 0.3 is 6.18 Å². The van der Waals surface area contributed by atoms with Gasteiger partial charge in [0.05, 0.1) is 6.54 Å². The monoisotopic (exact) mass is 269 g/mol. The van der Waals surface area contributed by atoms with E-state index in [1.807, 2.05) is 0 Å². The number of benzene rings is 1. The summed E-state index contributed by atoms with van der Waals surface area (Å²) in [5.74, 6) is -1.67. The van der Waals surface area contributed by atoms with Gasteiger partial charge in [-0.1, -0.05) is 0 Å². The predicted octanol–water partition coefficient (Wildman–Crippen LogP) is 2.88. The van der Waals surface area contributed by atoms with E-state index in [2.05, 4.69) is 5.32 Å². The smallest absolute Gasteiger partial charge is 0.401 e. The lowest BCUT2D eigenvalue weighted by Crippen LogP contribution is -2.35. The van der Waals surface area contributed by atoms with Gasteiger partial charge in [-0.3, -0.25) is 0 Å². The second-order valence-electron chi connectivity index (χ2n) is 3.78. The van der Waals surface area contributed by atoms with Crippen molar-refractivity contribution < 1.29 is 26.7 Å². The van der Waals surface area contributed by atoms with Gasteiger partial charge < -0.3 is 10.1 Å². The van der Waals surface area contributed by atoms with Gasteiger partial charge in [-0.15, -0.1) is 0 Å². The lowest BCUT2D eigenvalue weighted by molar-refractivity contribution is -0.125. The van der Waals surface area contributed by atoms with E-state index in [-0.39, 0.29) is 12.3 Å². The molecule has 0 bridgehead atoms. The molecule has 1 atom stereocenters. The van der Waals surface area contributed by atoms with Crippen LogP contribution in [0.15, 0.2) is 18.2 Å². The Morgan fingerprint density at radius 2 is 1.72 bits per heavy atom. The molecule has 18 heavy (non-hydrogen) atoms. The second-order valence-corrected chi connectivity index (χ2v) is 3.78. The number of alkyl halides is 3. The van der Waals surface area contributed by atoms with Gasteiger partial charge in [0.2, 0.25) is 0 Å². The molecule has 102 valence electrons. The maximum Gasteiger partial charge on any atom is 0.401 e. The molecule has 1 aromatic carbocycles. The molecule has 0 radical (unpaired) electrons. The Kier molecular flexibility index (Phi) is 4.89. The van der Waals surface area contributed by atoms with Gasteiger partial charge in [-0.2, -0.15) is 13.2 Å². The van der Waals surface area contributed by atoms with Gasteiger partial charge in [0.25, 0.3) is 0 Å². The van der Waals surface area contributed by atoms with Crippen LogP contribution in [0.25, 0.3) is 0 Å². The first-order valence-corrected chi connectivity index (χ1v) is 5.16. The van der Waals surface area contributed by atoms with E-state index < -0.39 is 30.5 Å². The Balaban J connectivity index is 2.42. The van der Waals surface area contributed by atoms with Gasteiger partial charge in [-0.25, -0.2) is 8.78 Å². The van der Waals surface area contributed by atoms with E-state index in [0.29, 0.717) is 6.07 Å². The van der Waals surface area contributed by atoms with Crippen molar-refractivity contribution >= 4 is 0 Å². The maximum atomic E-state index is 12.8. The van der Waals surface area contributed by atoms with E-state index in [0.717, 1.165) is 12.1 Å². The molecule has 0 saturated carbocycles. The fraction of sp³-hybridized carbons (Fsp3) is 0.455. The number of rotatable bonds is 5. The molecule has 7 heteroatoms. The molecular formula is C11H12F5NO. The highest BCUT2D eigenvalue weighted by atomic mass is 19.4. The Morgan fingerprint density at radius 1 is 1.17 bits per heavy atom. The third kappa shape index (κ3) is 5.81. The van der Waals surface area contributed by atoms with E-state index >= 15 is 0 Å². The van der Waals surface area contributed by atoms with Crippen LogP contribution in [0.3, 0.4) is 0 Å². The van der Waals surface area contributed by atoms with E-state index in [4.69, 9.17) is 4.74 Å². The number of nitrogens with one attached hydrogen (secondary N) is 1. The predicted molar refractivity (Wildman–Crippen MR) is 55.4 cm³/mol. The molecule has 0 saturated heterocycles. The van der Waals surface area contributed by atoms with Gasteiger partial charge in [-0.05, 0) is 6.92 Å². The summed E-state index contributed by atoms with van der Waals surface area (Å²) in [4.78, 5) is 0. The summed E-state index contributed by atoms with van der Waals surface area (Å²) >= 11 is 0. The van der Waals surface area contributed by atoms with Gasteiger partial charge in [0, 0.05) is 24.7 Å². The highest BCUT2D eigenvalue weighted by molar-refractivity contribution is 5.24. The molecule has 0 fully saturated rings. The first-order chi connectivity index (χ1) is 8.26. The Labute approximate surface area is 101 Å². The van der Waals surface area contributed by atoms with Crippen molar-refractivity contribution in [2.75, 3.05) is 13.1 Å². The highest BCUT2D eigenvalue weighted by Crippen LogP contribution is 2.17. The van der Waals surface area contributed by atoms with Gasteiger partial charge in [0.15, 0.2) is 0 Å². The summed E-state index contributed by atoms with van der Waals surface area (Å²) in [6, 6.07) is 2.60. The molecule has 2 nitrogen and oxygen atoms in total. The fourth-order valence-corrected chi connectivity index (χ4v) is 1.29. The van der Waals surface area contributed by atoms with Crippen LogP contribution in [0.1, 0.15) is 6.92 Å². The van der Waals surface area contributed by atoms with Crippen molar-refractivity contribution in [3.05, 3.63) is 29.8 Å². The number of ether oxygens (including phenoxy) is 1. The molecule has 0 heterocycles. The lowest BCUT2D eigenvalue weighted by Gasteiger charge is -2.16. The minimum atomic E-state index is -4.30. The third-order valence-corrected chi connectivity index (χ3v) is 1.93. The SMILES string of the molecule is CC(CNCC(F)(F)F)Oc1cc(F)cc(F)c1.